The Labute approximate surface area is 165 Å². The monoisotopic (exact) mass is 529 g/mol. The summed E-state index contributed by atoms with van der Waals surface area (Å²) in [7, 11) is 0. The van der Waals surface area contributed by atoms with Crippen molar-refractivity contribution in [2.75, 3.05) is 0 Å². The molecule has 1 radical (unpaired) electrons. The molecule has 0 aliphatic heterocycles. The molecule has 137 valence electrons. The predicted octanol–water partition coefficient (Wildman–Crippen LogP) is 5.18. The molecular formula is C21H19FIrNO2-. The quantitative estimate of drug-likeness (QED) is 0.283. The first-order valence-corrected chi connectivity index (χ1v) is 7.78. The molecule has 26 heavy (non-hydrogen) atoms. The van der Waals surface area contributed by atoms with Gasteiger partial charge >= 0.3 is 0 Å². The van der Waals surface area contributed by atoms with Crippen molar-refractivity contribution >= 4 is 16.6 Å². The van der Waals surface area contributed by atoms with Crippen LogP contribution in [0.25, 0.3) is 22.0 Å². The summed E-state index contributed by atoms with van der Waals surface area (Å²) in [6.45, 7) is 4.60. The zero-order valence-corrected chi connectivity index (χ0v) is 17.1. The average Bonchev–Trinajstić information content (AvgIpc) is 2.56. The summed E-state index contributed by atoms with van der Waals surface area (Å²) in [6, 6.07) is 16.1. The molecule has 1 heterocycles. The van der Waals surface area contributed by atoms with Crippen LogP contribution in [0.4, 0.5) is 4.39 Å². The Bertz CT molecular complexity index is 929. The number of carbonyl (C=O) groups is 1. The minimum absolute atomic E-state index is 0. The van der Waals surface area contributed by atoms with Crippen LogP contribution in [-0.4, -0.2) is 15.9 Å². The van der Waals surface area contributed by atoms with Gasteiger partial charge in [-0.3, -0.25) is 9.18 Å². The van der Waals surface area contributed by atoms with Gasteiger partial charge in [-0.05, 0) is 36.4 Å². The largest absolute Gasteiger partial charge is 0.512 e. The summed E-state index contributed by atoms with van der Waals surface area (Å²) >= 11 is 0. The second kappa shape index (κ2) is 9.95. The van der Waals surface area contributed by atoms with E-state index < -0.39 is 0 Å². The van der Waals surface area contributed by atoms with E-state index in [-0.39, 0.29) is 37.5 Å². The second-order valence-electron chi connectivity index (χ2n) is 5.65. The van der Waals surface area contributed by atoms with Crippen molar-refractivity contribution < 1.29 is 34.4 Å². The van der Waals surface area contributed by atoms with Crippen LogP contribution in [0, 0.1) is 18.8 Å². The van der Waals surface area contributed by atoms with E-state index in [1.165, 1.54) is 26.0 Å². The number of hydrogen-bond donors (Lipinski definition) is 1. The zero-order valence-electron chi connectivity index (χ0n) is 14.7. The molecule has 0 saturated heterocycles. The third kappa shape index (κ3) is 5.87. The van der Waals surface area contributed by atoms with Gasteiger partial charge in [-0.15, -0.1) is 23.8 Å². The average molecular weight is 529 g/mol. The van der Waals surface area contributed by atoms with E-state index >= 15 is 0 Å². The molecule has 0 bridgehead atoms. The summed E-state index contributed by atoms with van der Waals surface area (Å²) in [5.41, 5.74) is 2.28. The molecule has 5 heteroatoms. The van der Waals surface area contributed by atoms with Crippen molar-refractivity contribution in [3.8, 4) is 11.3 Å². The summed E-state index contributed by atoms with van der Waals surface area (Å²) in [5, 5.41) is 10.5. The van der Waals surface area contributed by atoms with Crippen molar-refractivity contribution in [3.05, 3.63) is 77.9 Å². The number of ketones is 1. The second-order valence-corrected chi connectivity index (χ2v) is 5.65. The van der Waals surface area contributed by atoms with Gasteiger partial charge in [0.25, 0.3) is 0 Å². The van der Waals surface area contributed by atoms with Gasteiger partial charge in [0.2, 0.25) is 0 Å². The van der Waals surface area contributed by atoms with Gasteiger partial charge in [-0.1, -0.05) is 36.8 Å². The first-order valence-electron chi connectivity index (χ1n) is 7.78. The Kier molecular flexibility index (Phi) is 8.30. The van der Waals surface area contributed by atoms with Crippen LogP contribution in [0.3, 0.4) is 0 Å². The molecule has 2 aromatic carbocycles. The minimum Gasteiger partial charge on any atom is -0.512 e. The number of nitrogens with zero attached hydrogens (tertiary/aromatic N) is 1. The fraction of sp³-hybridized carbons (Fsp3) is 0.143. The van der Waals surface area contributed by atoms with Gasteiger partial charge in [0.05, 0.1) is 5.76 Å². The molecule has 0 aliphatic carbocycles. The number of aromatic nitrogens is 1. The fourth-order valence-electron chi connectivity index (χ4n) is 2.35. The number of aliphatic hydroxyl groups is 1. The summed E-state index contributed by atoms with van der Waals surface area (Å²) < 4.78 is 13.3. The van der Waals surface area contributed by atoms with Crippen molar-refractivity contribution in [1.29, 1.82) is 0 Å². The first kappa shape index (κ1) is 21.7. The Morgan fingerprint density at radius 3 is 2.50 bits per heavy atom. The van der Waals surface area contributed by atoms with Gasteiger partial charge < -0.3 is 10.1 Å². The molecule has 0 unspecified atom stereocenters. The Balaban J connectivity index is 0.000000366. The molecule has 0 amide bonds. The normalized spacial score (nSPS) is 10.5. The molecule has 0 aliphatic rings. The van der Waals surface area contributed by atoms with E-state index in [4.69, 9.17) is 5.11 Å². The number of allylic oxidation sites excluding steroid dienone is 2. The Hall–Kier alpha value is -2.36. The van der Waals surface area contributed by atoms with Crippen LogP contribution in [0.5, 0.6) is 0 Å². The van der Waals surface area contributed by atoms with E-state index in [0.29, 0.717) is 5.56 Å². The maximum absolute atomic E-state index is 13.3. The number of pyridine rings is 1. The van der Waals surface area contributed by atoms with Crippen LogP contribution < -0.4 is 0 Å². The molecule has 3 aromatic rings. The molecule has 0 saturated carbocycles. The number of hydrogen-bond acceptors (Lipinski definition) is 3. The van der Waals surface area contributed by atoms with Crippen LogP contribution in [0.1, 0.15) is 19.4 Å². The van der Waals surface area contributed by atoms with Crippen LogP contribution >= 0.6 is 0 Å². The van der Waals surface area contributed by atoms with Gasteiger partial charge in [-0.25, -0.2) is 0 Å². The molecule has 3 nitrogen and oxygen atoms in total. The van der Waals surface area contributed by atoms with Crippen molar-refractivity contribution in [1.82, 2.24) is 4.98 Å². The third-order valence-corrected chi connectivity index (χ3v) is 3.43. The molecule has 0 fully saturated rings. The van der Waals surface area contributed by atoms with Crippen LogP contribution in [0.2, 0.25) is 0 Å². The molecule has 1 aromatic heterocycles. The van der Waals surface area contributed by atoms with E-state index in [9.17, 15) is 9.18 Å². The maximum Gasteiger partial charge on any atom is 0.155 e. The molecular weight excluding hydrogens is 509 g/mol. The van der Waals surface area contributed by atoms with E-state index in [1.807, 2.05) is 30.3 Å². The molecule has 3 rings (SSSR count). The molecule has 1 N–H and O–H groups in total. The first-order chi connectivity index (χ1) is 11.9. The summed E-state index contributed by atoms with van der Waals surface area (Å²) in [6.07, 6.45) is 2.93. The summed E-state index contributed by atoms with van der Waals surface area (Å²) in [4.78, 5) is 14.4. The van der Waals surface area contributed by atoms with E-state index in [1.54, 1.807) is 19.2 Å². The Morgan fingerprint density at radius 1 is 1.23 bits per heavy atom. The van der Waals surface area contributed by atoms with Gasteiger partial charge in [-0.2, -0.15) is 0 Å². The number of aryl methyl sites for hydroxylation is 1. The zero-order chi connectivity index (χ0) is 18.4. The smallest absolute Gasteiger partial charge is 0.155 e. The van der Waals surface area contributed by atoms with Gasteiger partial charge in [0, 0.05) is 38.2 Å². The molecule has 0 spiro atoms. The third-order valence-electron chi connectivity index (χ3n) is 3.43. The molecule has 0 atom stereocenters. The number of rotatable bonds is 2. The number of halogens is 1. The number of carbonyl (C=O) groups excluding carboxylic acids is 1. The van der Waals surface area contributed by atoms with Crippen LogP contribution in [0.15, 0.2) is 60.5 Å². The number of fused-ring (bicyclic) bond motifs is 1. The maximum atomic E-state index is 13.3. The Morgan fingerprint density at radius 2 is 1.92 bits per heavy atom. The van der Waals surface area contributed by atoms with Crippen molar-refractivity contribution in [2.24, 2.45) is 0 Å². The number of aliphatic hydroxyl groups excluding tert-OH is 1. The van der Waals surface area contributed by atoms with Crippen molar-refractivity contribution in [2.45, 2.75) is 20.8 Å². The van der Waals surface area contributed by atoms with Crippen LogP contribution in [-0.2, 0) is 24.9 Å². The fourth-order valence-corrected chi connectivity index (χ4v) is 2.35. The van der Waals surface area contributed by atoms with Gasteiger partial charge in [0.1, 0.15) is 0 Å². The summed E-state index contributed by atoms with van der Waals surface area (Å²) in [5.74, 6) is -0.300. The van der Waals surface area contributed by atoms with E-state index in [0.717, 1.165) is 22.0 Å². The van der Waals surface area contributed by atoms with E-state index in [2.05, 4.69) is 11.1 Å². The SMILES string of the molecule is CC(=O)/C=C(/C)O.Cc1cc(-c2nccc3ccccc23)[c-]cc1F.[Ir]. The van der Waals surface area contributed by atoms with Crippen molar-refractivity contribution in [3.63, 3.8) is 0 Å². The predicted molar refractivity (Wildman–Crippen MR) is 97.8 cm³/mol. The minimum atomic E-state index is -0.237. The topological polar surface area (TPSA) is 50.2 Å². The standard InChI is InChI=1S/C16H11FN.C5H8O2.Ir/c1-11-10-13(6-7-15(11)17)16-14-5-3-2-4-12(14)8-9-18-16;1-4(6)3-5(2)7;/h2-5,7-10H,1H3;3,6H,1-2H3;/q-1;;/b;4-3-;. The van der Waals surface area contributed by atoms with Gasteiger partial charge in [0.15, 0.2) is 5.78 Å². The number of benzene rings is 2.